The molecule has 2 unspecified atom stereocenters. The lowest BCUT2D eigenvalue weighted by Gasteiger charge is -2.21. The molecule has 2 aromatic carbocycles. The number of benzene rings is 2. The van der Waals surface area contributed by atoms with Crippen LogP contribution in [-0.2, 0) is 9.53 Å². The third-order valence-electron chi connectivity index (χ3n) is 5.08. The predicted molar refractivity (Wildman–Crippen MR) is 99.5 cm³/mol. The van der Waals surface area contributed by atoms with Crippen LogP contribution in [0.15, 0.2) is 48.5 Å². The number of carbonyl (C=O) groups is 2. The van der Waals surface area contributed by atoms with E-state index in [4.69, 9.17) is 9.84 Å². The van der Waals surface area contributed by atoms with Crippen molar-refractivity contribution in [1.29, 1.82) is 0 Å². The summed E-state index contributed by atoms with van der Waals surface area (Å²) in [6, 6.07) is 13.6. The number of carbonyl (C=O) groups excluding carboxylic acids is 1. The third-order valence-corrected chi connectivity index (χ3v) is 5.08. The molecule has 1 aliphatic rings. The number of carboxylic acid groups (broad SMARTS) is 1. The molecule has 3 rings (SSSR count). The Labute approximate surface area is 165 Å². The molecule has 8 heteroatoms. The fraction of sp³-hybridized carbons (Fsp3) is 0.333. The van der Waals surface area contributed by atoms with Crippen molar-refractivity contribution >= 4 is 12.1 Å². The van der Waals surface area contributed by atoms with Gasteiger partial charge in [-0.2, -0.15) is 13.2 Å². The minimum atomic E-state index is -4.55. The number of rotatable bonds is 6. The van der Waals surface area contributed by atoms with E-state index in [-0.39, 0.29) is 12.5 Å². The van der Waals surface area contributed by atoms with Crippen LogP contribution in [0.2, 0.25) is 0 Å². The Bertz CT molecular complexity index is 867. The number of nitrogens with one attached hydrogen (secondary N) is 1. The largest absolute Gasteiger partial charge is 0.480 e. The molecular formula is C21H20F3NO4. The molecule has 2 aromatic rings. The van der Waals surface area contributed by atoms with Crippen molar-refractivity contribution in [1.82, 2.24) is 5.32 Å². The van der Waals surface area contributed by atoms with Crippen LogP contribution >= 0.6 is 0 Å². The first-order chi connectivity index (χ1) is 13.7. The van der Waals surface area contributed by atoms with Crippen molar-refractivity contribution in [2.45, 2.75) is 31.5 Å². The summed E-state index contributed by atoms with van der Waals surface area (Å²) in [5.74, 6) is -3.65. The summed E-state index contributed by atoms with van der Waals surface area (Å²) in [6.45, 7) is 0.816. The maximum absolute atomic E-state index is 12.7. The van der Waals surface area contributed by atoms with Crippen molar-refractivity contribution in [3.05, 3.63) is 59.7 Å². The zero-order chi connectivity index (χ0) is 21.2. The summed E-state index contributed by atoms with van der Waals surface area (Å²) in [6.07, 6.45) is -6.38. The summed E-state index contributed by atoms with van der Waals surface area (Å²) in [5.41, 5.74) is 4.00. The van der Waals surface area contributed by atoms with E-state index >= 15 is 0 Å². The van der Waals surface area contributed by atoms with E-state index in [0.717, 1.165) is 29.2 Å². The van der Waals surface area contributed by atoms with Crippen molar-refractivity contribution in [2.75, 3.05) is 6.61 Å². The molecule has 5 nitrogen and oxygen atoms in total. The molecule has 0 spiro atoms. The standard InChI is InChI=1S/C21H20F3NO4/c1-12(21(22,23)24)10-18(19(26)27)25-20(28)29-11-17-15-8-4-2-6-13(15)14-7-3-5-9-16(14)17/h2-9,12,17-18H,10-11H2,1H3,(H,25,28)(H,26,27). The molecule has 1 aliphatic carbocycles. The molecule has 29 heavy (non-hydrogen) atoms. The van der Waals surface area contributed by atoms with Crippen LogP contribution in [0.5, 0.6) is 0 Å². The second-order valence-electron chi connectivity index (χ2n) is 7.04. The molecule has 0 saturated carbocycles. The van der Waals surface area contributed by atoms with Gasteiger partial charge in [0.25, 0.3) is 0 Å². The molecule has 2 N–H and O–H groups in total. The molecule has 0 radical (unpaired) electrons. The van der Waals surface area contributed by atoms with Gasteiger partial charge < -0.3 is 15.2 Å². The molecule has 0 saturated heterocycles. The molecule has 2 atom stereocenters. The van der Waals surface area contributed by atoms with Crippen molar-refractivity contribution in [2.24, 2.45) is 5.92 Å². The highest BCUT2D eigenvalue weighted by molar-refractivity contribution is 5.81. The summed E-state index contributed by atoms with van der Waals surface area (Å²) >= 11 is 0. The van der Waals surface area contributed by atoms with Gasteiger partial charge in [0.2, 0.25) is 0 Å². The monoisotopic (exact) mass is 407 g/mol. The smallest absolute Gasteiger partial charge is 0.407 e. The van der Waals surface area contributed by atoms with E-state index in [1.807, 2.05) is 53.8 Å². The highest BCUT2D eigenvalue weighted by Crippen LogP contribution is 2.44. The lowest BCUT2D eigenvalue weighted by molar-refractivity contribution is -0.174. The SMILES string of the molecule is CC(CC(NC(=O)OCC1c2ccccc2-c2ccccc21)C(=O)O)C(F)(F)F. The quantitative estimate of drug-likeness (QED) is 0.736. The Morgan fingerprint density at radius 1 is 1.07 bits per heavy atom. The Hall–Kier alpha value is -3.03. The zero-order valence-corrected chi connectivity index (χ0v) is 15.6. The Kier molecular flexibility index (Phi) is 5.81. The van der Waals surface area contributed by atoms with E-state index in [1.54, 1.807) is 0 Å². The molecule has 1 amide bonds. The molecule has 0 bridgehead atoms. The first-order valence-electron chi connectivity index (χ1n) is 9.09. The average Bonchev–Trinajstić information content (AvgIpc) is 2.99. The maximum atomic E-state index is 12.7. The first-order valence-corrected chi connectivity index (χ1v) is 9.09. The van der Waals surface area contributed by atoms with Crippen molar-refractivity contribution < 1.29 is 32.6 Å². The van der Waals surface area contributed by atoms with Gasteiger partial charge >= 0.3 is 18.2 Å². The average molecular weight is 407 g/mol. The van der Waals surface area contributed by atoms with Gasteiger partial charge in [-0.3, -0.25) is 0 Å². The van der Waals surface area contributed by atoms with Gasteiger partial charge in [-0.25, -0.2) is 9.59 Å². The molecule has 0 aromatic heterocycles. The summed E-state index contributed by atoms with van der Waals surface area (Å²) in [7, 11) is 0. The van der Waals surface area contributed by atoms with Gasteiger partial charge in [0.1, 0.15) is 12.6 Å². The van der Waals surface area contributed by atoms with Crippen LogP contribution in [-0.4, -0.2) is 36.0 Å². The van der Waals surface area contributed by atoms with E-state index < -0.39 is 36.6 Å². The summed E-state index contributed by atoms with van der Waals surface area (Å²) in [4.78, 5) is 23.3. The van der Waals surface area contributed by atoms with E-state index in [1.165, 1.54) is 0 Å². The molecular weight excluding hydrogens is 387 g/mol. The lowest BCUT2D eigenvalue weighted by atomic mass is 9.98. The van der Waals surface area contributed by atoms with Crippen LogP contribution in [0.1, 0.15) is 30.4 Å². The lowest BCUT2D eigenvalue weighted by Crippen LogP contribution is -2.44. The second kappa shape index (κ2) is 8.14. The van der Waals surface area contributed by atoms with Gasteiger partial charge in [0, 0.05) is 5.92 Å². The topological polar surface area (TPSA) is 75.6 Å². The van der Waals surface area contributed by atoms with Gasteiger partial charge in [0.05, 0.1) is 5.92 Å². The zero-order valence-electron chi connectivity index (χ0n) is 15.6. The fourth-order valence-electron chi connectivity index (χ4n) is 3.49. The van der Waals surface area contributed by atoms with E-state index in [0.29, 0.717) is 0 Å². The number of hydrogen-bond donors (Lipinski definition) is 2. The number of halogens is 3. The molecule has 0 aliphatic heterocycles. The second-order valence-corrected chi connectivity index (χ2v) is 7.04. The van der Waals surface area contributed by atoms with Crippen LogP contribution in [0, 0.1) is 5.92 Å². The third kappa shape index (κ3) is 4.52. The van der Waals surface area contributed by atoms with Crippen LogP contribution in [0.3, 0.4) is 0 Å². The minimum Gasteiger partial charge on any atom is -0.480 e. The predicted octanol–water partition coefficient (Wildman–Crippen LogP) is 4.57. The number of alkyl carbamates (subject to hydrolysis) is 1. The van der Waals surface area contributed by atoms with Gasteiger partial charge in [0.15, 0.2) is 0 Å². The summed E-state index contributed by atoms with van der Waals surface area (Å²) < 4.78 is 43.3. The summed E-state index contributed by atoms with van der Waals surface area (Å²) in [5, 5.41) is 11.2. The van der Waals surface area contributed by atoms with E-state index in [2.05, 4.69) is 0 Å². The number of fused-ring (bicyclic) bond motifs is 3. The number of amides is 1. The maximum Gasteiger partial charge on any atom is 0.407 e. The first kappa shape index (κ1) is 20.7. The molecule has 0 heterocycles. The highest BCUT2D eigenvalue weighted by Gasteiger charge is 2.39. The van der Waals surface area contributed by atoms with Gasteiger partial charge in [-0.1, -0.05) is 55.5 Å². The van der Waals surface area contributed by atoms with Gasteiger partial charge in [-0.05, 0) is 28.7 Å². The minimum absolute atomic E-state index is 0.0545. The Morgan fingerprint density at radius 2 is 1.59 bits per heavy atom. The molecule has 154 valence electrons. The van der Waals surface area contributed by atoms with Crippen LogP contribution in [0.4, 0.5) is 18.0 Å². The number of hydrogen-bond acceptors (Lipinski definition) is 3. The van der Waals surface area contributed by atoms with Crippen molar-refractivity contribution in [3.8, 4) is 11.1 Å². The fourth-order valence-corrected chi connectivity index (χ4v) is 3.49. The van der Waals surface area contributed by atoms with Gasteiger partial charge in [-0.15, -0.1) is 0 Å². The van der Waals surface area contributed by atoms with Crippen LogP contribution < -0.4 is 5.32 Å². The number of aliphatic carboxylic acids is 1. The normalized spacial score (nSPS) is 15.2. The number of carboxylic acids is 1. The highest BCUT2D eigenvalue weighted by atomic mass is 19.4. The van der Waals surface area contributed by atoms with E-state index in [9.17, 15) is 22.8 Å². The Morgan fingerprint density at radius 3 is 2.07 bits per heavy atom. The van der Waals surface area contributed by atoms with Crippen molar-refractivity contribution in [3.63, 3.8) is 0 Å². The number of alkyl halides is 3. The molecule has 0 fully saturated rings. The number of ether oxygens (including phenoxy) is 1. The van der Waals surface area contributed by atoms with Crippen LogP contribution in [0.25, 0.3) is 11.1 Å². The Balaban J connectivity index is 1.67.